The predicted octanol–water partition coefficient (Wildman–Crippen LogP) is 3.99. The first-order chi connectivity index (χ1) is 7.88. The Kier molecular flexibility index (Phi) is 2.03. The average molecular weight is 207 g/mol. The van der Waals surface area contributed by atoms with Crippen LogP contribution in [0, 0.1) is 0 Å². The zero-order valence-electron chi connectivity index (χ0n) is 9.20. The van der Waals surface area contributed by atoms with Crippen molar-refractivity contribution in [3.8, 4) is 11.1 Å². The second-order valence-corrected chi connectivity index (χ2v) is 3.98. The summed E-state index contributed by atoms with van der Waals surface area (Å²) in [5, 5.41) is 5.81. The van der Waals surface area contributed by atoms with Crippen molar-refractivity contribution >= 4 is 16.5 Å². The largest absolute Gasteiger partial charge is 0.388 e. The molecule has 3 rings (SSSR count). The zero-order valence-corrected chi connectivity index (χ0v) is 9.20. The summed E-state index contributed by atoms with van der Waals surface area (Å²) in [6.07, 6.45) is 0. The molecule has 1 heteroatoms. The number of nitrogens with one attached hydrogen (secondary N) is 1. The van der Waals surface area contributed by atoms with E-state index in [0.717, 1.165) is 0 Å². The first-order valence-electron chi connectivity index (χ1n) is 5.48. The van der Waals surface area contributed by atoms with Gasteiger partial charge in [-0.05, 0) is 28.5 Å². The molecule has 0 spiro atoms. The first-order valence-corrected chi connectivity index (χ1v) is 5.48. The molecule has 0 saturated heterocycles. The molecule has 2 aliphatic rings. The van der Waals surface area contributed by atoms with Crippen LogP contribution in [0.5, 0.6) is 0 Å². The summed E-state index contributed by atoms with van der Waals surface area (Å²) < 4.78 is 0. The van der Waals surface area contributed by atoms with Crippen LogP contribution in [0.1, 0.15) is 0 Å². The maximum Gasteiger partial charge on any atom is 0.0423 e. The molecule has 78 valence electrons. The van der Waals surface area contributed by atoms with E-state index < -0.39 is 0 Å². The van der Waals surface area contributed by atoms with Gasteiger partial charge in [0.05, 0.1) is 0 Å². The van der Waals surface area contributed by atoms with E-state index >= 15 is 0 Å². The SMILES string of the molecule is CNc1cc2ccccc2cc2cccc1-2. The van der Waals surface area contributed by atoms with E-state index in [4.69, 9.17) is 0 Å². The lowest BCUT2D eigenvalue weighted by Gasteiger charge is -2.01. The second kappa shape index (κ2) is 3.53. The monoisotopic (exact) mass is 207 g/mol. The van der Waals surface area contributed by atoms with Gasteiger partial charge < -0.3 is 5.32 Å². The van der Waals surface area contributed by atoms with Gasteiger partial charge in [-0.15, -0.1) is 0 Å². The molecule has 0 fully saturated rings. The molecule has 1 nitrogen and oxygen atoms in total. The molecule has 1 N–H and O–H groups in total. The molecule has 0 aliphatic heterocycles. The lowest BCUT2D eigenvalue weighted by atomic mass is 10.1. The van der Waals surface area contributed by atoms with Crippen molar-refractivity contribution in [2.75, 3.05) is 12.4 Å². The smallest absolute Gasteiger partial charge is 0.0423 e. The van der Waals surface area contributed by atoms with Gasteiger partial charge >= 0.3 is 0 Å². The van der Waals surface area contributed by atoms with Gasteiger partial charge in [0, 0.05) is 18.3 Å². The summed E-state index contributed by atoms with van der Waals surface area (Å²) >= 11 is 0. The Morgan fingerprint density at radius 3 is 2.31 bits per heavy atom. The molecule has 1 aromatic carbocycles. The molecule has 2 aliphatic carbocycles. The number of hydrogen-bond donors (Lipinski definition) is 1. The van der Waals surface area contributed by atoms with Gasteiger partial charge in [0.15, 0.2) is 0 Å². The van der Waals surface area contributed by atoms with E-state index in [2.05, 4.69) is 59.9 Å². The number of fused-ring (bicyclic) bond motifs is 2. The molecule has 0 atom stereocenters. The van der Waals surface area contributed by atoms with Crippen LogP contribution in [0.2, 0.25) is 0 Å². The van der Waals surface area contributed by atoms with E-state index in [1.807, 2.05) is 7.05 Å². The van der Waals surface area contributed by atoms with Crippen molar-refractivity contribution in [2.24, 2.45) is 0 Å². The topological polar surface area (TPSA) is 12.0 Å². The molecule has 0 amide bonds. The maximum atomic E-state index is 3.27. The van der Waals surface area contributed by atoms with Crippen LogP contribution in [0.15, 0.2) is 54.6 Å². The minimum atomic E-state index is 1.18. The van der Waals surface area contributed by atoms with E-state index in [9.17, 15) is 0 Å². The lowest BCUT2D eigenvalue weighted by Crippen LogP contribution is -1.87. The second-order valence-electron chi connectivity index (χ2n) is 3.98. The highest BCUT2D eigenvalue weighted by Gasteiger charge is 2.06. The highest BCUT2D eigenvalue weighted by molar-refractivity contribution is 5.93. The fraction of sp³-hybridized carbons (Fsp3) is 0.0667. The van der Waals surface area contributed by atoms with Crippen molar-refractivity contribution in [1.82, 2.24) is 0 Å². The van der Waals surface area contributed by atoms with E-state index in [1.165, 1.54) is 27.6 Å². The summed E-state index contributed by atoms with van der Waals surface area (Å²) in [6.45, 7) is 0. The Morgan fingerprint density at radius 2 is 1.56 bits per heavy atom. The highest BCUT2D eigenvalue weighted by Crippen LogP contribution is 2.32. The van der Waals surface area contributed by atoms with Gasteiger partial charge in [-0.25, -0.2) is 0 Å². The van der Waals surface area contributed by atoms with Crippen molar-refractivity contribution in [2.45, 2.75) is 0 Å². The van der Waals surface area contributed by atoms with Crippen LogP contribution in [0.3, 0.4) is 0 Å². The van der Waals surface area contributed by atoms with Crippen molar-refractivity contribution in [1.29, 1.82) is 0 Å². The van der Waals surface area contributed by atoms with Gasteiger partial charge in [-0.3, -0.25) is 0 Å². The minimum absolute atomic E-state index is 1.18. The van der Waals surface area contributed by atoms with Crippen LogP contribution >= 0.6 is 0 Å². The van der Waals surface area contributed by atoms with Crippen LogP contribution in [0.4, 0.5) is 5.69 Å². The summed E-state index contributed by atoms with van der Waals surface area (Å²) in [4.78, 5) is 0. The molecule has 0 aromatic heterocycles. The zero-order chi connectivity index (χ0) is 11.0. The van der Waals surface area contributed by atoms with Crippen molar-refractivity contribution in [3.05, 3.63) is 54.6 Å². The fourth-order valence-corrected chi connectivity index (χ4v) is 2.19. The molecule has 0 heterocycles. The molecule has 16 heavy (non-hydrogen) atoms. The third-order valence-corrected chi connectivity index (χ3v) is 3.02. The molecule has 0 unspecified atom stereocenters. The van der Waals surface area contributed by atoms with Gasteiger partial charge in [-0.2, -0.15) is 0 Å². The Hall–Kier alpha value is -2.02. The summed E-state index contributed by atoms with van der Waals surface area (Å²) in [5.74, 6) is 0. The summed E-state index contributed by atoms with van der Waals surface area (Å²) in [6, 6.07) is 19.3. The van der Waals surface area contributed by atoms with Crippen LogP contribution in [-0.2, 0) is 0 Å². The van der Waals surface area contributed by atoms with Crippen molar-refractivity contribution < 1.29 is 0 Å². The van der Waals surface area contributed by atoms with Gasteiger partial charge in [0.1, 0.15) is 0 Å². The molecular weight excluding hydrogens is 194 g/mol. The Balaban J connectivity index is 2.47. The van der Waals surface area contributed by atoms with E-state index in [-0.39, 0.29) is 0 Å². The van der Waals surface area contributed by atoms with Crippen LogP contribution in [-0.4, -0.2) is 7.05 Å². The summed E-state index contributed by atoms with van der Waals surface area (Å²) in [7, 11) is 1.97. The van der Waals surface area contributed by atoms with E-state index in [0.29, 0.717) is 0 Å². The third-order valence-electron chi connectivity index (χ3n) is 3.02. The number of anilines is 1. The summed E-state index contributed by atoms with van der Waals surface area (Å²) in [5.41, 5.74) is 3.74. The predicted molar refractivity (Wildman–Crippen MR) is 70.1 cm³/mol. The Labute approximate surface area is 95.1 Å². The number of rotatable bonds is 1. The molecule has 0 saturated carbocycles. The van der Waals surface area contributed by atoms with Gasteiger partial charge in [0.25, 0.3) is 0 Å². The van der Waals surface area contributed by atoms with E-state index in [1.54, 1.807) is 0 Å². The standard InChI is InChI=1S/C15H13N/c1-16-15-10-12-6-3-2-5-11(12)9-13-7-4-8-14(13)15/h2-10,16H,1H3. The van der Waals surface area contributed by atoms with Gasteiger partial charge in [0.2, 0.25) is 0 Å². The highest BCUT2D eigenvalue weighted by atomic mass is 14.8. The number of hydrogen-bond acceptors (Lipinski definition) is 1. The minimum Gasteiger partial charge on any atom is -0.388 e. The fourth-order valence-electron chi connectivity index (χ4n) is 2.19. The quantitative estimate of drug-likeness (QED) is 0.636. The molecule has 0 bridgehead atoms. The van der Waals surface area contributed by atoms with Crippen LogP contribution in [0.25, 0.3) is 21.9 Å². The Morgan fingerprint density at radius 1 is 0.812 bits per heavy atom. The lowest BCUT2D eigenvalue weighted by molar-refractivity contribution is 1.54. The normalized spacial score (nSPS) is 10.8. The first kappa shape index (κ1) is 9.22. The average Bonchev–Trinajstić information content (AvgIpc) is 2.70. The van der Waals surface area contributed by atoms with Crippen LogP contribution < -0.4 is 5.32 Å². The third kappa shape index (κ3) is 1.33. The number of benzene rings is 1. The molecule has 0 radical (unpaired) electrons. The molecular formula is C15H13N. The maximum absolute atomic E-state index is 3.27. The molecule has 1 aromatic rings. The van der Waals surface area contributed by atoms with Crippen molar-refractivity contribution in [3.63, 3.8) is 0 Å². The Bertz CT molecular complexity index is 613. The van der Waals surface area contributed by atoms with Gasteiger partial charge in [-0.1, -0.05) is 42.5 Å².